The first-order valence-electron chi connectivity index (χ1n) is 9.55. The van der Waals surface area contributed by atoms with Crippen LogP contribution in [0.4, 0.5) is 8.78 Å². The summed E-state index contributed by atoms with van der Waals surface area (Å²) in [5.41, 5.74) is 1.54. The van der Waals surface area contributed by atoms with Gasteiger partial charge in [0.15, 0.2) is 11.6 Å². The molecule has 1 N–H and O–H groups in total. The van der Waals surface area contributed by atoms with E-state index in [1.807, 2.05) is 11.8 Å². The molecule has 4 aliphatic heterocycles. The SMILES string of the molecule is Cc1[nH]cnc1C(=O)N1C[C@H](c2cccc(F)c2F)[C@@H]2[C@H]1C1CCN2CC1. The number of nitrogens with zero attached hydrogens (tertiary/aromatic N) is 3. The van der Waals surface area contributed by atoms with Crippen molar-refractivity contribution < 1.29 is 13.6 Å². The molecule has 6 rings (SSSR count). The van der Waals surface area contributed by atoms with Crippen LogP contribution in [0.3, 0.4) is 0 Å². The molecule has 0 aliphatic carbocycles. The van der Waals surface area contributed by atoms with Crippen LogP contribution in [0.1, 0.15) is 40.5 Å². The van der Waals surface area contributed by atoms with Crippen LogP contribution in [-0.2, 0) is 0 Å². The second-order valence-corrected chi connectivity index (χ2v) is 7.94. The van der Waals surface area contributed by atoms with Gasteiger partial charge >= 0.3 is 0 Å². The maximum absolute atomic E-state index is 14.6. The molecule has 2 aromatic rings. The van der Waals surface area contributed by atoms with E-state index >= 15 is 0 Å². The molecule has 1 amide bonds. The van der Waals surface area contributed by atoms with Gasteiger partial charge in [0.05, 0.1) is 12.4 Å². The summed E-state index contributed by atoms with van der Waals surface area (Å²) < 4.78 is 28.5. The van der Waals surface area contributed by atoms with Crippen LogP contribution in [0.2, 0.25) is 0 Å². The molecule has 1 aromatic heterocycles. The Morgan fingerprint density at radius 2 is 2.00 bits per heavy atom. The fraction of sp³-hybridized carbons (Fsp3) is 0.500. The average molecular weight is 372 g/mol. The summed E-state index contributed by atoms with van der Waals surface area (Å²) in [4.78, 5) is 24.6. The number of H-pyrrole nitrogens is 1. The number of carbonyl (C=O) groups excluding carboxylic acids is 1. The number of piperidine rings is 3. The average Bonchev–Trinajstić information content (AvgIpc) is 3.30. The number of amides is 1. The van der Waals surface area contributed by atoms with Crippen LogP contribution in [0.15, 0.2) is 24.5 Å². The smallest absolute Gasteiger partial charge is 0.274 e. The van der Waals surface area contributed by atoms with Crippen LogP contribution >= 0.6 is 0 Å². The van der Waals surface area contributed by atoms with Gasteiger partial charge in [-0.05, 0) is 50.4 Å². The number of halogens is 2. The van der Waals surface area contributed by atoms with Crippen LogP contribution < -0.4 is 0 Å². The lowest BCUT2D eigenvalue weighted by Gasteiger charge is -2.51. The van der Waals surface area contributed by atoms with Crippen molar-refractivity contribution in [2.45, 2.75) is 37.8 Å². The van der Waals surface area contributed by atoms with Crippen LogP contribution in [0.25, 0.3) is 0 Å². The van der Waals surface area contributed by atoms with Gasteiger partial charge in [-0.25, -0.2) is 13.8 Å². The summed E-state index contributed by atoms with van der Waals surface area (Å²) in [6.45, 7) is 4.15. The maximum atomic E-state index is 14.6. The van der Waals surface area contributed by atoms with Crippen molar-refractivity contribution in [3.05, 3.63) is 53.1 Å². The van der Waals surface area contributed by atoms with Crippen molar-refractivity contribution in [2.75, 3.05) is 19.6 Å². The van der Waals surface area contributed by atoms with E-state index in [9.17, 15) is 13.6 Å². The molecule has 1 aromatic carbocycles. The topological polar surface area (TPSA) is 52.2 Å². The quantitative estimate of drug-likeness (QED) is 0.882. The molecule has 0 saturated carbocycles. The third-order valence-corrected chi connectivity index (χ3v) is 6.67. The zero-order valence-electron chi connectivity index (χ0n) is 15.2. The maximum Gasteiger partial charge on any atom is 0.274 e. The highest BCUT2D eigenvalue weighted by molar-refractivity contribution is 5.94. The van der Waals surface area contributed by atoms with Crippen molar-refractivity contribution in [3.8, 4) is 0 Å². The molecule has 4 saturated heterocycles. The van der Waals surface area contributed by atoms with Gasteiger partial charge < -0.3 is 9.88 Å². The van der Waals surface area contributed by atoms with E-state index in [4.69, 9.17) is 0 Å². The van der Waals surface area contributed by atoms with E-state index in [2.05, 4.69) is 14.9 Å². The van der Waals surface area contributed by atoms with Gasteiger partial charge in [0, 0.05) is 24.2 Å². The first kappa shape index (κ1) is 16.9. The molecule has 0 spiro atoms. The minimum atomic E-state index is -0.826. The van der Waals surface area contributed by atoms with Gasteiger partial charge in [-0.15, -0.1) is 0 Å². The predicted octanol–water partition coefficient (Wildman–Crippen LogP) is 2.70. The first-order chi connectivity index (χ1) is 13.1. The Hall–Kier alpha value is -2.28. The normalized spacial score (nSPS) is 32.0. The number of hydrogen-bond donors (Lipinski definition) is 1. The van der Waals surface area contributed by atoms with Gasteiger partial charge in [0.1, 0.15) is 5.69 Å². The van der Waals surface area contributed by atoms with Crippen LogP contribution in [0.5, 0.6) is 0 Å². The molecule has 2 bridgehead atoms. The third kappa shape index (κ3) is 2.44. The molecule has 0 radical (unpaired) electrons. The van der Waals surface area contributed by atoms with Crippen molar-refractivity contribution >= 4 is 5.91 Å². The molecular weight excluding hydrogens is 350 g/mol. The third-order valence-electron chi connectivity index (χ3n) is 6.67. The summed E-state index contributed by atoms with van der Waals surface area (Å²) in [5, 5.41) is 0. The number of benzene rings is 1. The second-order valence-electron chi connectivity index (χ2n) is 7.94. The van der Waals surface area contributed by atoms with Gasteiger partial charge in [0.25, 0.3) is 5.91 Å². The molecular formula is C20H22F2N4O. The summed E-state index contributed by atoms with van der Waals surface area (Å²) >= 11 is 0. The lowest BCUT2D eigenvalue weighted by molar-refractivity contribution is -0.00377. The highest BCUT2D eigenvalue weighted by atomic mass is 19.2. The number of fused-ring (bicyclic) bond motifs is 2. The number of imidazole rings is 1. The van der Waals surface area contributed by atoms with Gasteiger partial charge in [-0.2, -0.15) is 0 Å². The number of likely N-dealkylation sites (tertiary alicyclic amines) is 1. The van der Waals surface area contributed by atoms with E-state index in [-0.39, 0.29) is 23.9 Å². The zero-order chi connectivity index (χ0) is 18.7. The monoisotopic (exact) mass is 372 g/mol. The highest BCUT2D eigenvalue weighted by Gasteiger charge is 2.55. The van der Waals surface area contributed by atoms with Crippen molar-refractivity contribution in [1.29, 1.82) is 0 Å². The molecule has 4 fully saturated rings. The summed E-state index contributed by atoms with van der Waals surface area (Å²) in [6, 6.07) is 4.44. The predicted molar refractivity (Wildman–Crippen MR) is 95.3 cm³/mol. The van der Waals surface area contributed by atoms with Crippen LogP contribution in [-0.4, -0.2) is 57.4 Å². The molecule has 3 atom stereocenters. The first-order valence-corrected chi connectivity index (χ1v) is 9.55. The minimum Gasteiger partial charge on any atom is -0.348 e. The second kappa shape index (κ2) is 6.12. The number of nitrogens with one attached hydrogen (secondary N) is 1. The Morgan fingerprint density at radius 3 is 2.70 bits per heavy atom. The molecule has 4 aliphatic rings. The van der Waals surface area contributed by atoms with Gasteiger partial charge in [-0.1, -0.05) is 12.1 Å². The van der Waals surface area contributed by atoms with Crippen LogP contribution in [0, 0.1) is 24.5 Å². The van der Waals surface area contributed by atoms with E-state index in [0.29, 0.717) is 23.7 Å². The largest absolute Gasteiger partial charge is 0.348 e. The van der Waals surface area contributed by atoms with E-state index in [1.165, 1.54) is 6.33 Å². The molecule has 7 heteroatoms. The molecule has 27 heavy (non-hydrogen) atoms. The Balaban J connectivity index is 1.57. The lowest BCUT2D eigenvalue weighted by atomic mass is 9.75. The van der Waals surface area contributed by atoms with Crippen molar-refractivity contribution in [3.63, 3.8) is 0 Å². The van der Waals surface area contributed by atoms with Crippen molar-refractivity contribution in [2.24, 2.45) is 5.92 Å². The Morgan fingerprint density at radius 1 is 1.22 bits per heavy atom. The molecule has 0 unspecified atom stereocenters. The van der Waals surface area contributed by atoms with Gasteiger partial charge in [-0.3, -0.25) is 9.69 Å². The summed E-state index contributed by atoms with van der Waals surface area (Å²) in [6.07, 6.45) is 3.61. The Bertz CT molecular complexity index is 890. The Labute approximate surface area is 156 Å². The summed E-state index contributed by atoms with van der Waals surface area (Å²) in [5.74, 6) is -1.54. The number of aromatic nitrogens is 2. The number of hydrogen-bond acceptors (Lipinski definition) is 3. The highest BCUT2D eigenvalue weighted by Crippen LogP contribution is 2.47. The standard InChI is InChI=1S/C20H22F2N4O/c1-11-17(24-10-23-11)20(27)26-9-14(13-3-2-4-15(21)16(13)22)19-18(26)12-5-7-25(19)8-6-12/h2-4,10,12,14,18-19H,5-9H2,1H3,(H,23,24)/t14-,18-,19-/m1/s1. The fourth-order valence-electron chi connectivity index (χ4n) is 5.44. The summed E-state index contributed by atoms with van der Waals surface area (Å²) in [7, 11) is 0. The number of aryl methyl sites for hydroxylation is 1. The minimum absolute atomic E-state index is 0.0313. The van der Waals surface area contributed by atoms with E-state index < -0.39 is 11.6 Å². The lowest BCUT2D eigenvalue weighted by Crippen LogP contribution is -2.60. The van der Waals surface area contributed by atoms with Crippen molar-refractivity contribution in [1.82, 2.24) is 19.8 Å². The zero-order valence-corrected chi connectivity index (χ0v) is 15.2. The number of aromatic amines is 1. The number of carbonyl (C=O) groups is 1. The molecule has 5 heterocycles. The Kier molecular flexibility index (Phi) is 3.82. The number of rotatable bonds is 2. The molecule has 5 nitrogen and oxygen atoms in total. The van der Waals surface area contributed by atoms with E-state index in [1.54, 1.807) is 12.1 Å². The fourth-order valence-corrected chi connectivity index (χ4v) is 5.44. The van der Waals surface area contributed by atoms with E-state index in [0.717, 1.165) is 37.7 Å². The molecule has 142 valence electrons. The van der Waals surface area contributed by atoms with Gasteiger partial charge in [0.2, 0.25) is 0 Å².